The molecule has 0 atom stereocenters. The summed E-state index contributed by atoms with van der Waals surface area (Å²) in [6, 6.07) is 3.77. The van der Waals surface area contributed by atoms with E-state index in [0.717, 1.165) is 20.9 Å². The quantitative estimate of drug-likeness (QED) is 0.896. The van der Waals surface area contributed by atoms with Crippen molar-refractivity contribution >= 4 is 44.3 Å². The van der Waals surface area contributed by atoms with E-state index in [0.29, 0.717) is 11.6 Å². The SMILES string of the molecule is Cc1c(Cl)ccc2sc(NCCC(=O)O)nc12. The number of rotatable bonds is 4. The van der Waals surface area contributed by atoms with Crippen molar-refractivity contribution in [3.05, 3.63) is 22.7 Å². The summed E-state index contributed by atoms with van der Waals surface area (Å²) in [5.74, 6) is -0.821. The van der Waals surface area contributed by atoms with Crippen molar-refractivity contribution in [1.82, 2.24) is 4.98 Å². The summed E-state index contributed by atoms with van der Waals surface area (Å²) in [6.07, 6.45) is 0.0790. The van der Waals surface area contributed by atoms with Gasteiger partial charge in [0.15, 0.2) is 5.13 Å². The summed E-state index contributed by atoms with van der Waals surface area (Å²) in [6.45, 7) is 2.30. The van der Waals surface area contributed by atoms with Gasteiger partial charge in [-0.15, -0.1) is 0 Å². The number of nitrogens with one attached hydrogen (secondary N) is 1. The van der Waals surface area contributed by atoms with Gasteiger partial charge in [-0.3, -0.25) is 4.79 Å². The lowest BCUT2D eigenvalue weighted by Gasteiger charge is -1.98. The number of hydrogen-bond donors (Lipinski definition) is 2. The van der Waals surface area contributed by atoms with E-state index in [9.17, 15) is 4.79 Å². The summed E-state index contributed by atoms with van der Waals surface area (Å²) in [4.78, 5) is 14.8. The van der Waals surface area contributed by atoms with Crippen LogP contribution in [0.1, 0.15) is 12.0 Å². The highest BCUT2D eigenvalue weighted by Gasteiger charge is 2.08. The van der Waals surface area contributed by atoms with E-state index in [4.69, 9.17) is 16.7 Å². The van der Waals surface area contributed by atoms with E-state index in [1.165, 1.54) is 11.3 Å². The van der Waals surface area contributed by atoms with Crippen LogP contribution in [0.4, 0.5) is 5.13 Å². The van der Waals surface area contributed by atoms with Gasteiger partial charge in [0.05, 0.1) is 16.6 Å². The van der Waals surface area contributed by atoms with E-state index in [-0.39, 0.29) is 6.42 Å². The van der Waals surface area contributed by atoms with Crippen molar-refractivity contribution in [2.75, 3.05) is 11.9 Å². The monoisotopic (exact) mass is 270 g/mol. The fraction of sp³-hybridized carbons (Fsp3) is 0.273. The van der Waals surface area contributed by atoms with Crippen LogP contribution in [-0.2, 0) is 4.79 Å². The van der Waals surface area contributed by atoms with Gasteiger partial charge in [0.25, 0.3) is 0 Å². The first-order valence-electron chi connectivity index (χ1n) is 5.09. The molecule has 0 saturated carbocycles. The Kier molecular flexibility index (Phi) is 3.49. The summed E-state index contributed by atoms with van der Waals surface area (Å²) in [5, 5.41) is 13.0. The van der Waals surface area contributed by atoms with Crippen molar-refractivity contribution < 1.29 is 9.90 Å². The van der Waals surface area contributed by atoms with Crippen LogP contribution < -0.4 is 5.32 Å². The maximum atomic E-state index is 10.4. The third kappa shape index (κ3) is 2.68. The number of anilines is 1. The summed E-state index contributed by atoms with van der Waals surface area (Å²) < 4.78 is 1.05. The molecule has 2 N–H and O–H groups in total. The average molecular weight is 271 g/mol. The van der Waals surface area contributed by atoms with Gasteiger partial charge in [0.1, 0.15) is 0 Å². The molecule has 2 rings (SSSR count). The van der Waals surface area contributed by atoms with Gasteiger partial charge in [-0.05, 0) is 24.6 Å². The Balaban J connectivity index is 2.20. The Labute approximate surface area is 107 Å². The van der Waals surface area contributed by atoms with Crippen molar-refractivity contribution in [1.29, 1.82) is 0 Å². The second-order valence-electron chi connectivity index (χ2n) is 3.61. The Hall–Kier alpha value is -1.33. The predicted octanol–water partition coefficient (Wildman–Crippen LogP) is 3.14. The van der Waals surface area contributed by atoms with E-state index < -0.39 is 5.97 Å². The molecule has 0 spiro atoms. The molecule has 0 aliphatic heterocycles. The lowest BCUT2D eigenvalue weighted by molar-refractivity contribution is -0.136. The van der Waals surface area contributed by atoms with Gasteiger partial charge in [-0.25, -0.2) is 4.98 Å². The van der Waals surface area contributed by atoms with E-state index in [1.54, 1.807) is 0 Å². The van der Waals surface area contributed by atoms with Gasteiger partial charge in [-0.1, -0.05) is 22.9 Å². The van der Waals surface area contributed by atoms with Gasteiger partial charge in [0.2, 0.25) is 0 Å². The third-order valence-corrected chi connectivity index (χ3v) is 3.75. The average Bonchev–Trinajstić information content (AvgIpc) is 2.67. The number of aryl methyl sites for hydroxylation is 1. The molecule has 1 aromatic heterocycles. The van der Waals surface area contributed by atoms with Crippen molar-refractivity contribution in [3.8, 4) is 0 Å². The molecule has 2 aromatic rings. The highest BCUT2D eigenvalue weighted by molar-refractivity contribution is 7.22. The minimum absolute atomic E-state index is 0.0790. The predicted molar refractivity (Wildman–Crippen MR) is 70.1 cm³/mol. The van der Waals surface area contributed by atoms with Gasteiger partial charge in [-0.2, -0.15) is 0 Å². The number of carbonyl (C=O) groups is 1. The van der Waals surface area contributed by atoms with Crippen LogP contribution in [0.15, 0.2) is 12.1 Å². The molecule has 0 radical (unpaired) electrons. The molecule has 0 aliphatic rings. The minimum atomic E-state index is -0.821. The zero-order chi connectivity index (χ0) is 12.4. The van der Waals surface area contributed by atoms with E-state index >= 15 is 0 Å². The molecule has 0 amide bonds. The maximum absolute atomic E-state index is 10.4. The van der Waals surface area contributed by atoms with E-state index in [1.807, 2.05) is 19.1 Å². The number of aromatic nitrogens is 1. The van der Waals surface area contributed by atoms with Crippen LogP contribution >= 0.6 is 22.9 Å². The van der Waals surface area contributed by atoms with Crippen LogP contribution in [0.3, 0.4) is 0 Å². The third-order valence-electron chi connectivity index (χ3n) is 2.36. The zero-order valence-corrected chi connectivity index (χ0v) is 10.7. The molecule has 90 valence electrons. The summed E-state index contributed by atoms with van der Waals surface area (Å²) in [5.41, 5.74) is 1.83. The highest BCUT2D eigenvalue weighted by Crippen LogP contribution is 2.31. The number of nitrogens with zero attached hydrogens (tertiary/aromatic N) is 1. The van der Waals surface area contributed by atoms with Crippen molar-refractivity contribution in [2.24, 2.45) is 0 Å². The van der Waals surface area contributed by atoms with Crippen molar-refractivity contribution in [3.63, 3.8) is 0 Å². The first-order chi connectivity index (χ1) is 8.08. The molecule has 17 heavy (non-hydrogen) atoms. The lowest BCUT2D eigenvalue weighted by atomic mass is 10.2. The van der Waals surface area contributed by atoms with Crippen molar-refractivity contribution in [2.45, 2.75) is 13.3 Å². The second-order valence-corrected chi connectivity index (χ2v) is 5.05. The number of aliphatic carboxylic acids is 1. The molecule has 4 nitrogen and oxygen atoms in total. The first-order valence-corrected chi connectivity index (χ1v) is 6.28. The number of thiazole rings is 1. The number of benzene rings is 1. The molecule has 1 aromatic carbocycles. The molecule has 0 saturated heterocycles. The summed E-state index contributed by atoms with van der Waals surface area (Å²) in [7, 11) is 0. The molecule has 0 unspecified atom stereocenters. The van der Waals surface area contributed by atoms with Crippen LogP contribution in [0, 0.1) is 6.92 Å². The number of hydrogen-bond acceptors (Lipinski definition) is 4. The fourth-order valence-electron chi connectivity index (χ4n) is 1.45. The largest absolute Gasteiger partial charge is 0.481 e. The Bertz CT molecular complexity index is 568. The standard InChI is InChI=1S/C11H11ClN2O2S/c1-6-7(12)2-3-8-10(6)14-11(17-8)13-5-4-9(15)16/h2-3H,4-5H2,1H3,(H,13,14)(H,15,16). The Morgan fingerprint density at radius 3 is 3.06 bits per heavy atom. The Morgan fingerprint density at radius 2 is 2.35 bits per heavy atom. The highest BCUT2D eigenvalue weighted by atomic mass is 35.5. The number of halogens is 1. The molecule has 0 fully saturated rings. The zero-order valence-electron chi connectivity index (χ0n) is 9.16. The fourth-order valence-corrected chi connectivity index (χ4v) is 2.56. The molecule has 0 bridgehead atoms. The maximum Gasteiger partial charge on any atom is 0.305 e. The molecule has 0 aliphatic carbocycles. The number of carboxylic acids is 1. The first kappa shape index (κ1) is 12.1. The molecular formula is C11H11ClN2O2S. The summed E-state index contributed by atoms with van der Waals surface area (Å²) >= 11 is 7.51. The van der Waals surface area contributed by atoms with Crippen LogP contribution in [0.25, 0.3) is 10.2 Å². The molecular weight excluding hydrogens is 260 g/mol. The second kappa shape index (κ2) is 4.89. The molecule has 6 heteroatoms. The minimum Gasteiger partial charge on any atom is -0.481 e. The van der Waals surface area contributed by atoms with E-state index in [2.05, 4.69) is 10.3 Å². The smallest absolute Gasteiger partial charge is 0.305 e. The van der Waals surface area contributed by atoms with Crippen LogP contribution in [0.5, 0.6) is 0 Å². The van der Waals surface area contributed by atoms with Gasteiger partial charge >= 0.3 is 5.97 Å². The van der Waals surface area contributed by atoms with Gasteiger partial charge in [0, 0.05) is 11.6 Å². The lowest BCUT2D eigenvalue weighted by Crippen LogP contribution is -2.06. The van der Waals surface area contributed by atoms with Gasteiger partial charge < -0.3 is 10.4 Å². The Morgan fingerprint density at radius 1 is 1.59 bits per heavy atom. The topological polar surface area (TPSA) is 62.2 Å². The van der Waals surface area contributed by atoms with Crippen LogP contribution in [-0.4, -0.2) is 22.6 Å². The number of carboxylic acid groups (broad SMARTS) is 1. The van der Waals surface area contributed by atoms with Crippen LogP contribution in [0.2, 0.25) is 5.02 Å². The normalized spacial score (nSPS) is 10.7. The number of fused-ring (bicyclic) bond motifs is 1. The molecule has 1 heterocycles.